The first kappa shape index (κ1) is 7.92. The first-order valence-electron chi connectivity index (χ1n) is 3.21. The van der Waals surface area contributed by atoms with E-state index in [4.69, 9.17) is 5.73 Å². The summed E-state index contributed by atoms with van der Waals surface area (Å²) < 4.78 is 0. The molecule has 0 aliphatic carbocycles. The monoisotopic (exact) mass is 164 g/mol. The summed E-state index contributed by atoms with van der Waals surface area (Å²) >= 11 is 4.44. The number of nitrogen functional groups attached to an aromatic ring is 1. The molecule has 0 saturated heterocycles. The lowest BCUT2D eigenvalue weighted by atomic mass is 10.2. The van der Waals surface area contributed by atoms with Crippen LogP contribution in [-0.4, -0.2) is 5.16 Å². The topological polar surface area (TPSA) is 38.4 Å². The van der Waals surface area contributed by atoms with Crippen LogP contribution in [0.5, 0.6) is 0 Å². The summed E-state index contributed by atoms with van der Waals surface area (Å²) in [6.07, 6.45) is 0. The van der Waals surface area contributed by atoms with Gasteiger partial charge >= 0.3 is 0 Å². The molecule has 0 aliphatic rings. The molecule has 2 nitrogen and oxygen atoms in total. The first-order chi connectivity index (χ1) is 5.34. The molecule has 0 amide bonds. The van der Waals surface area contributed by atoms with E-state index in [2.05, 4.69) is 22.4 Å². The Morgan fingerprint density at radius 3 is 2.82 bits per heavy atom. The van der Waals surface area contributed by atoms with Gasteiger partial charge < -0.3 is 5.73 Å². The van der Waals surface area contributed by atoms with E-state index >= 15 is 0 Å². The number of thiocarbonyl (C=S) groups is 1. The van der Waals surface area contributed by atoms with Gasteiger partial charge in [-0.2, -0.15) is 0 Å². The Bertz CT molecular complexity index is 290. The van der Waals surface area contributed by atoms with Gasteiger partial charge in [0.1, 0.15) is 0 Å². The zero-order valence-electron chi connectivity index (χ0n) is 5.95. The van der Waals surface area contributed by atoms with Crippen molar-refractivity contribution in [1.82, 2.24) is 0 Å². The highest BCUT2D eigenvalue weighted by Crippen LogP contribution is 2.10. The molecule has 0 heterocycles. The maximum Gasteiger partial charge on any atom is 0.0763 e. The highest BCUT2D eigenvalue weighted by atomic mass is 32.1. The summed E-state index contributed by atoms with van der Waals surface area (Å²) in [7, 11) is 0. The third kappa shape index (κ3) is 2.15. The standard InChI is InChI=1S/C8H8N2S/c9-8-4-2-1-3-7(8)5-10-6-11/h1-4H,5,9H2. The Kier molecular flexibility index (Phi) is 2.78. The van der Waals surface area contributed by atoms with Crippen LogP contribution in [0.1, 0.15) is 5.56 Å². The van der Waals surface area contributed by atoms with Crippen molar-refractivity contribution in [2.75, 3.05) is 5.73 Å². The highest BCUT2D eigenvalue weighted by Gasteiger charge is 1.93. The summed E-state index contributed by atoms with van der Waals surface area (Å²) in [6, 6.07) is 7.57. The maximum absolute atomic E-state index is 5.64. The molecule has 0 fully saturated rings. The zero-order valence-corrected chi connectivity index (χ0v) is 6.77. The lowest BCUT2D eigenvalue weighted by Crippen LogP contribution is -1.91. The van der Waals surface area contributed by atoms with Crippen LogP contribution in [-0.2, 0) is 6.54 Å². The Hall–Kier alpha value is -1.18. The van der Waals surface area contributed by atoms with Crippen LogP contribution in [0, 0.1) is 0 Å². The molecule has 0 bridgehead atoms. The molecule has 3 heteroatoms. The van der Waals surface area contributed by atoms with Gasteiger partial charge in [0.2, 0.25) is 0 Å². The molecule has 56 valence electrons. The van der Waals surface area contributed by atoms with Crippen molar-refractivity contribution in [1.29, 1.82) is 0 Å². The van der Waals surface area contributed by atoms with E-state index in [1.807, 2.05) is 24.3 Å². The van der Waals surface area contributed by atoms with Crippen LogP contribution in [0.25, 0.3) is 0 Å². The number of hydrogen-bond acceptors (Lipinski definition) is 3. The van der Waals surface area contributed by atoms with E-state index in [1.54, 1.807) is 0 Å². The molecule has 11 heavy (non-hydrogen) atoms. The molecule has 0 aromatic heterocycles. The SMILES string of the molecule is Nc1ccccc1CN=C=S. The van der Waals surface area contributed by atoms with Gasteiger partial charge in [0.05, 0.1) is 11.7 Å². The van der Waals surface area contributed by atoms with Crippen LogP contribution in [0.4, 0.5) is 5.69 Å². The number of rotatable bonds is 2. The minimum atomic E-state index is 0.524. The van der Waals surface area contributed by atoms with Crippen LogP contribution < -0.4 is 5.73 Å². The fourth-order valence-electron chi connectivity index (χ4n) is 0.796. The number of isothiocyanates is 1. The van der Waals surface area contributed by atoms with E-state index in [9.17, 15) is 0 Å². The van der Waals surface area contributed by atoms with Gasteiger partial charge in [0.15, 0.2) is 0 Å². The molecule has 0 spiro atoms. The van der Waals surface area contributed by atoms with E-state index < -0.39 is 0 Å². The molecule has 0 unspecified atom stereocenters. The van der Waals surface area contributed by atoms with Gasteiger partial charge in [0, 0.05) is 5.69 Å². The molecule has 2 N–H and O–H groups in total. The van der Waals surface area contributed by atoms with Gasteiger partial charge in [-0.1, -0.05) is 18.2 Å². The maximum atomic E-state index is 5.64. The van der Waals surface area contributed by atoms with E-state index in [1.165, 1.54) is 0 Å². The second-order valence-electron chi connectivity index (χ2n) is 2.11. The Morgan fingerprint density at radius 2 is 2.18 bits per heavy atom. The number of nitrogens with two attached hydrogens (primary N) is 1. The summed E-state index contributed by atoms with van der Waals surface area (Å²) in [5.41, 5.74) is 7.38. The van der Waals surface area contributed by atoms with E-state index in [0.717, 1.165) is 11.3 Å². The van der Waals surface area contributed by atoms with Gasteiger partial charge in [-0.3, -0.25) is 0 Å². The smallest absolute Gasteiger partial charge is 0.0763 e. The molecule has 0 saturated carbocycles. The molecule has 0 aliphatic heterocycles. The second kappa shape index (κ2) is 3.86. The minimum absolute atomic E-state index is 0.524. The van der Waals surface area contributed by atoms with Gasteiger partial charge in [0.25, 0.3) is 0 Å². The molecule has 1 aromatic carbocycles. The fourth-order valence-corrected chi connectivity index (χ4v) is 0.860. The van der Waals surface area contributed by atoms with Crippen molar-refractivity contribution >= 4 is 23.1 Å². The molecule has 1 aromatic rings. The number of aliphatic imine (C=N–C) groups is 1. The van der Waals surface area contributed by atoms with Crippen molar-refractivity contribution in [3.63, 3.8) is 0 Å². The van der Waals surface area contributed by atoms with Gasteiger partial charge in [-0.15, -0.1) is 0 Å². The number of anilines is 1. The van der Waals surface area contributed by atoms with Gasteiger partial charge in [-0.25, -0.2) is 4.99 Å². The quantitative estimate of drug-likeness (QED) is 0.411. The number of hydrogen-bond donors (Lipinski definition) is 1. The van der Waals surface area contributed by atoms with Crippen molar-refractivity contribution in [3.8, 4) is 0 Å². The largest absolute Gasteiger partial charge is 0.398 e. The van der Waals surface area contributed by atoms with E-state index in [0.29, 0.717) is 6.54 Å². The van der Waals surface area contributed by atoms with Crippen molar-refractivity contribution in [2.24, 2.45) is 4.99 Å². The third-order valence-electron chi connectivity index (χ3n) is 1.37. The number of nitrogens with zero attached hydrogens (tertiary/aromatic N) is 1. The van der Waals surface area contributed by atoms with Crippen molar-refractivity contribution < 1.29 is 0 Å². The van der Waals surface area contributed by atoms with Crippen molar-refractivity contribution in [2.45, 2.75) is 6.54 Å². The molecule has 0 atom stereocenters. The average molecular weight is 164 g/mol. The Labute approximate surface area is 70.8 Å². The normalized spacial score (nSPS) is 8.73. The Balaban J connectivity index is 2.85. The summed E-state index contributed by atoms with van der Waals surface area (Å²) in [4.78, 5) is 3.79. The summed E-state index contributed by atoms with van der Waals surface area (Å²) in [5.74, 6) is 0. The second-order valence-corrected chi connectivity index (χ2v) is 2.29. The minimum Gasteiger partial charge on any atom is -0.398 e. The fraction of sp³-hybridized carbons (Fsp3) is 0.125. The number of para-hydroxylation sites is 1. The molecule has 1 rings (SSSR count). The third-order valence-corrected chi connectivity index (χ3v) is 1.50. The Morgan fingerprint density at radius 1 is 1.45 bits per heavy atom. The first-order valence-corrected chi connectivity index (χ1v) is 3.62. The lowest BCUT2D eigenvalue weighted by molar-refractivity contribution is 1.09. The molecular weight excluding hydrogens is 156 g/mol. The van der Waals surface area contributed by atoms with Crippen LogP contribution in [0.15, 0.2) is 29.3 Å². The van der Waals surface area contributed by atoms with Crippen molar-refractivity contribution in [3.05, 3.63) is 29.8 Å². The molecular formula is C8H8N2S. The zero-order chi connectivity index (χ0) is 8.10. The van der Waals surface area contributed by atoms with Crippen LogP contribution >= 0.6 is 12.2 Å². The summed E-state index contributed by atoms with van der Waals surface area (Å²) in [5, 5.41) is 2.30. The van der Waals surface area contributed by atoms with Crippen LogP contribution in [0.2, 0.25) is 0 Å². The molecule has 0 radical (unpaired) electrons. The highest BCUT2D eigenvalue weighted by molar-refractivity contribution is 7.78. The number of benzene rings is 1. The lowest BCUT2D eigenvalue weighted by Gasteiger charge is -1.98. The van der Waals surface area contributed by atoms with Gasteiger partial charge in [-0.05, 0) is 23.8 Å². The predicted octanol–water partition coefficient (Wildman–Crippen LogP) is 1.87. The predicted molar refractivity (Wildman–Crippen MR) is 49.6 cm³/mol. The van der Waals surface area contributed by atoms with E-state index in [-0.39, 0.29) is 0 Å². The average Bonchev–Trinajstić information content (AvgIpc) is 2.03. The summed E-state index contributed by atoms with van der Waals surface area (Å²) in [6.45, 7) is 0.524. The van der Waals surface area contributed by atoms with Crippen LogP contribution in [0.3, 0.4) is 0 Å².